The van der Waals surface area contributed by atoms with Crippen molar-refractivity contribution in [2.24, 2.45) is 0 Å². The van der Waals surface area contributed by atoms with Gasteiger partial charge in [0.15, 0.2) is 0 Å². The van der Waals surface area contributed by atoms with Gasteiger partial charge in [0.25, 0.3) is 5.91 Å². The third-order valence-electron chi connectivity index (χ3n) is 2.37. The highest BCUT2D eigenvalue weighted by atomic mass is 32.1. The van der Waals surface area contributed by atoms with E-state index in [1.807, 2.05) is 0 Å². The number of carboxylic acid groups (broad SMARTS) is 1. The van der Waals surface area contributed by atoms with E-state index in [-0.39, 0.29) is 25.4 Å². The van der Waals surface area contributed by atoms with E-state index >= 15 is 0 Å². The van der Waals surface area contributed by atoms with Crippen LogP contribution in [-0.2, 0) is 9.59 Å². The minimum absolute atomic E-state index is 0.00480. The lowest BCUT2D eigenvalue weighted by Gasteiger charge is -2.17. The van der Waals surface area contributed by atoms with Crippen LogP contribution in [0.15, 0.2) is 16.8 Å². The Morgan fingerprint density at radius 2 is 2.20 bits per heavy atom. The summed E-state index contributed by atoms with van der Waals surface area (Å²) in [6.45, 7) is -0.376. The Kier molecular flexibility index (Phi) is 6.26. The smallest absolute Gasteiger partial charge is 0.323 e. The molecular formula is C13H14N2O4S. The van der Waals surface area contributed by atoms with Gasteiger partial charge in [0, 0.05) is 23.9 Å². The zero-order valence-corrected chi connectivity index (χ0v) is 11.5. The Labute approximate surface area is 120 Å². The zero-order valence-electron chi connectivity index (χ0n) is 10.7. The predicted molar refractivity (Wildman–Crippen MR) is 74.3 cm³/mol. The summed E-state index contributed by atoms with van der Waals surface area (Å²) in [5.74, 6) is 0.433. The average molecular weight is 294 g/mol. The van der Waals surface area contributed by atoms with E-state index in [4.69, 9.17) is 11.5 Å². The van der Waals surface area contributed by atoms with Gasteiger partial charge >= 0.3 is 5.97 Å². The van der Waals surface area contributed by atoms with E-state index in [0.29, 0.717) is 5.56 Å². The Hall–Kier alpha value is -2.33. The fourth-order valence-electron chi connectivity index (χ4n) is 1.44. The van der Waals surface area contributed by atoms with E-state index in [0.717, 1.165) is 4.90 Å². The number of aliphatic carboxylic acids is 1. The first-order valence-electron chi connectivity index (χ1n) is 5.78. The van der Waals surface area contributed by atoms with Crippen LogP contribution >= 0.6 is 11.3 Å². The van der Waals surface area contributed by atoms with Crippen molar-refractivity contribution in [3.8, 4) is 12.3 Å². The van der Waals surface area contributed by atoms with Gasteiger partial charge in [0.05, 0.1) is 6.54 Å². The molecule has 0 fully saturated rings. The van der Waals surface area contributed by atoms with E-state index in [1.165, 1.54) is 11.3 Å². The summed E-state index contributed by atoms with van der Waals surface area (Å²) in [6, 6.07) is 1.68. The van der Waals surface area contributed by atoms with Gasteiger partial charge < -0.3 is 15.3 Å². The number of hydrogen-bond acceptors (Lipinski definition) is 4. The number of amides is 2. The number of hydrogen-bond donors (Lipinski definition) is 2. The molecule has 1 aromatic rings. The second-order valence-corrected chi connectivity index (χ2v) is 4.65. The van der Waals surface area contributed by atoms with E-state index in [9.17, 15) is 14.4 Å². The van der Waals surface area contributed by atoms with Crippen LogP contribution in [0.2, 0.25) is 0 Å². The van der Waals surface area contributed by atoms with Gasteiger partial charge in [-0.15, -0.1) is 6.42 Å². The minimum Gasteiger partial charge on any atom is -0.480 e. The second kappa shape index (κ2) is 7.96. The molecule has 6 nitrogen and oxygen atoms in total. The van der Waals surface area contributed by atoms with Crippen LogP contribution in [0.4, 0.5) is 0 Å². The van der Waals surface area contributed by atoms with Crippen LogP contribution in [0.3, 0.4) is 0 Å². The summed E-state index contributed by atoms with van der Waals surface area (Å²) in [6.07, 6.45) is 5.08. The molecule has 20 heavy (non-hydrogen) atoms. The Morgan fingerprint density at radius 1 is 1.45 bits per heavy atom. The largest absolute Gasteiger partial charge is 0.480 e. The normalized spacial score (nSPS) is 9.55. The van der Waals surface area contributed by atoms with Crippen molar-refractivity contribution < 1.29 is 19.5 Å². The first kappa shape index (κ1) is 15.7. The SMILES string of the molecule is C#CCN(CC(=O)O)C(=O)CCNC(=O)c1ccsc1. The van der Waals surface area contributed by atoms with Crippen molar-refractivity contribution in [1.29, 1.82) is 0 Å². The van der Waals surface area contributed by atoms with E-state index < -0.39 is 18.4 Å². The molecule has 0 aromatic carbocycles. The highest BCUT2D eigenvalue weighted by molar-refractivity contribution is 7.08. The molecule has 1 rings (SSSR count). The summed E-state index contributed by atoms with van der Waals surface area (Å²) in [5, 5.41) is 14.7. The molecular weight excluding hydrogens is 280 g/mol. The number of carbonyl (C=O) groups excluding carboxylic acids is 2. The molecule has 0 aliphatic carbocycles. The molecule has 0 unspecified atom stereocenters. The van der Waals surface area contributed by atoms with Crippen LogP contribution in [0.25, 0.3) is 0 Å². The number of nitrogens with one attached hydrogen (secondary N) is 1. The van der Waals surface area contributed by atoms with Gasteiger partial charge in [0.2, 0.25) is 5.91 Å². The summed E-state index contributed by atoms with van der Waals surface area (Å²) >= 11 is 1.40. The van der Waals surface area contributed by atoms with Crippen molar-refractivity contribution in [1.82, 2.24) is 10.2 Å². The van der Waals surface area contributed by atoms with Crippen molar-refractivity contribution in [2.75, 3.05) is 19.6 Å². The summed E-state index contributed by atoms with van der Waals surface area (Å²) in [5.41, 5.74) is 0.536. The molecule has 1 aromatic heterocycles. The van der Waals surface area contributed by atoms with Crippen molar-refractivity contribution in [3.05, 3.63) is 22.4 Å². The van der Waals surface area contributed by atoms with Crippen LogP contribution in [0, 0.1) is 12.3 Å². The minimum atomic E-state index is -1.13. The molecule has 0 aliphatic heterocycles. The first-order valence-corrected chi connectivity index (χ1v) is 6.72. The van der Waals surface area contributed by atoms with Gasteiger partial charge in [-0.05, 0) is 11.4 Å². The predicted octanol–water partition coefficient (Wildman–Crippen LogP) is 0.414. The van der Waals surface area contributed by atoms with Crippen LogP contribution < -0.4 is 5.32 Å². The Bertz CT molecular complexity index is 519. The lowest BCUT2D eigenvalue weighted by Crippen LogP contribution is -2.38. The molecule has 0 aliphatic rings. The highest BCUT2D eigenvalue weighted by Crippen LogP contribution is 2.05. The molecule has 2 amide bonds. The fraction of sp³-hybridized carbons (Fsp3) is 0.308. The summed E-state index contributed by atoms with van der Waals surface area (Å²) in [4.78, 5) is 35.0. The monoisotopic (exact) mass is 294 g/mol. The van der Waals surface area contributed by atoms with E-state index in [1.54, 1.807) is 16.8 Å². The lowest BCUT2D eigenvalue weighted by atomic mass is 10.3. The number of terminal acetylenes is 1. The number of carboxylic acids is 1. The standard InChI is InChI=1S/C13H14N2O4S/c1-2-6-15(8-12(17)18)11(16)3-5-14-13(19)10-4-7-20-9-10/h1,4,7,9H,3,5-6,8H2,(H,14,19)(H,17,18). The third kappa shape index (κ3) is 5.12. The maximum Gasteiger partial charge on any atom is 0.323 e. The molecule has 7 heteroatoms. The quantitative estimate of drug-likeness (QED) is 0.713. The number of nitrogens with zero attached hydrogens (tertiary/aromatic N) is 1. The number of carbonyl (C=O) groups is 3. The van der Waals surface area contributed by atoms with Crippen molar-refractivity contribution in [2.45, 2.75) is 6.42 Å². The maximum atomic E-state index is 11.8. The summed E-state index contributed by atoms with van der Waals surface area (Å²) in [7, 11) is 0. The Balaban J connectivity index is 2.39. The number of rotatable bonds is 7. The molecule has 0 saturated heterocycles. The fourth-order valence-corrected chi connectivity index (χ4v) is 2.08. The van der Waals surface area contributed by atoms with Gasteiger partial charge in [0.1, 0.15) is 6.54 Å². The van der Waals surface area contributed by atoms with Gasteiger partial charge in [-0.1, -0.05) is 5.92 Å². The van der Waals surface area contributed by atoms with Crippen molar-refractivity contribution >= 4 is 29.1 Å². The Morgan fingerprint density at radius 3 is 2.75 bits per heavy atom. The second-order valence-electron chi connectivity index (χ2n) is 3.87. The maximum absolute atomic E-state index is 11.8. The van der Waals surface area contributed by atoms with Crippen LogP contribution in [-0.4, -0.2) is 47.4 Å². The van der Waals surface area contributed by atoms with Gasteiger partial charge in [-0.3, -0.25) is 14.4 Å². The molecule has 0 radical (unpaired) electrons. The first-order chi connectivity index (χ1) is 9.54. The molecule has 0 bridgehead atoms. The molecule has 106 valence electrons. The number of thiophene rings is 1. The van der Waals surface area contributed by atoms with Crippen LogP contribution in [0.5, 0.6) is 0 Å². The van der Waals surface area contributed by atoms with Gasteiger partial charge in [-0.2, -0.15) is 11.3 Å². The van der Waals surface area contributed by atoms with Crippen molar-refractivity contribution in [3.63, 3.8) is 0 Å². The molecule has 0 spiro atoms. The molecule has 2 N–H and O–H groups in total. The molecule has 0 saturated carbocycles. The lowest BCUT2D eigenvalue weighted by molar-refractivity contribution is -0.143. The third-order valence-corrected chi connectivity index (χ3v) is 3.05. The highest BCUT2D eigenvalue weighted by Gasteiger charge is 2.15. The van der Waals surface area contributed by atoms with E-state index in [2.05, 4.69) is 11.2 Å². The molecule has 1 heterocycles. The average Bonchev–Trinajstić information content (AvgIpc) is 2.91. The topological polar surface area (TPSA) is 86.7 Å². The zero-order chi connectivity index (χ0) is 15.0. The van der Waals surface area contributed by atoms with Crippen LogP contribution in [0.1, 0.15) is 16.8 Å². The van der Waals surface area contributed by atoms with Gasteiger partial charge in [-0.25, -0.2) is 0 Å². The summed E-state index contributed by atoms with van der Waals surface area (Å²) < 4.78 is 0. The molecule has 0 atom stereocenters.